The van der Waals surface area contributed by atoms with Gasteiger partial charge in [0.05, 0.1) is 0 Å². The molecule has 2 N–H and O–H groups in total. The minimum absolute atomic E-state index is 0.227. The van der Waals surface area contributed by atoms with Crippen molar-refractivity contribution in [2.24, 2.45) is 0 Å². The molecule has 2 aromatic carbocycles. The second-order valence-corrected chi connectivity index (χ2v) is 5.80. The molecule has 0 aliphatic heterocycles. The van der Waals surface area contributed by atoms with Crippen molar-refractivity contribution >= 4 is 17.5 Å². The molecule has 0 amide bonds. The van der Waals surface area contributed by atoms with Gasteiger partial charge in [0, 0.05) is 24.0 Å². The van der Waals surface area contributed by atoms with E-state index in [1.165, 1.54) is 11.6 Å². The first-order valence-electron chi connectivity index (χ1n) is 8.33. The molecule has 0 unspecified atom stereocenters. The van der Waals surface area contributed by atoms with Gasteiger partial charge in [0.25, 0.3) is 0 Å². The number of benzene rings is 2. The standard InChI is InChI=1S/C20H21FN4/c1-3-15-9-6-7-14(2)19(15)25-20-22-12-11-18(24-20)23-13-16-8-4-5-10-17(16)21/h4-12H,3,13H2,1-2H3,(H2,22,23,24,25). The number of aryl methyl sites for hydroxylation is 2. The second kappa shape index (κ2) is 7.75. The fraction of sp³-hybridized carbons (Fsp3) is 0.200. The number of anilines is 3. The van der Waals surface area contributed by atoms with E-state index < -0.39 is 0 Å². The van der Waals surface area contributed by atoms with Crippen molar-refractivity contribution in [3.8, 4) is 0 Å². The summed E-state index contributed by atoms with van der Waals surface area (Å²) in [7, 11) is 0. The predicted molar refractivity (Wildman–Crippen MR) is 99.6 cm³/mol. The lowest BCUT2D eigenvalue weighted by atomic mass is 10.1. The molecule has 1 heterocycles. The van der Waals surface area contributed by atoms with Gasteiger partial charge in [0.2, 0.25) is 5.95 Å². The van der Waals surface area contributed by atoms with Gasteiger partial charge in [-0.15, -0.1) is 0 Å². The van der Waals surface area contributed by atoms with Crippen LogP contribution in [0, 0.1) is 12.7 Å². The SMILES string of the molecule is CCc1cccc(C)c1Nc1nccc(NCc2ccccc2F)n1. The Bertz CT molecular complexity index is 864. The number of halogens is 1. The highest BCUT2D eigenvalue weighted by Gasteiger charge is 2.07. The Kier molecular flexibility index (Phi) is 5.23. The van der Waals surface area contributed by atoms with Gasteiger partial charge in [-0.1, -0.05) is 43.3 Å². The number of para-hydroxylation sites is 1. The van der Waals surface area contributed by atoms with Crippen molar-refractivity contribution in [1.82, 2.24) is 9.97 Å². The number of nitrogens with zero attached hydrogens (tertiary/aromatic N) is 2. The van der Waals surface area contributed by atoms with Gasteiger partial charge in [-0.3, -0.25) is 0 Å². The lowest BCUT2D eigenvalue weighted by Gasteiger charge is -2.13. The zero-order chi connectivity index (χ0) is 17.6. The molecular weight excluding hydrogens is 315 g/mol. The summed E-state index contributed by atoms with van der Waals surface area (Å²) >= 11 is 0. The highest BCUT2D eigenvalue weighted by Crippen LogP contribution is 2.24. The Balaban J connectivity index is 1.75. The van der Waals surface area contributed by atoms with Crippen molar-refractivity contribution in [2.75, 3.05) is 10.6 Å². The third-order valence-corrected chi connectivity index (χ3v) is 4.05. The summed E-state index contributed by atoms with van der Waals surface area (Å²) in [6.45, 7) is 4.54. The van der Waals surface area contributed by atoms with Crippen LogP contribution in [0.1, 0.15) is 23.6 Å². The molecule has 0 aliphatic rings. The molecule has 0 saturated carbocycles. The Labute approximate surface area is 147 Å². The molecule has 4 nitrogen and oxygen atoms in total. The Morgan fingerprint density at radius 2 is 1.80 bits per heavy atom. The summed E-state index contributed by atoms with van der Waals surface area (Å²) < 4.78 is 13.7. The largest absolute Gasteiger partial charge is 0.366 e. The van der Waals surface area contributed by atoms with Crippen LogP contribution < -0.4 is 10.6 Å². The first-order valence-corrected chi connectivity index (χ1v) is 8.33. The van der Waals surface area contributed by atoms with Gasteiger partial charge in [0.1, 0.15) is 11.6 Å². The molecule has 0 saturated heterocycles. The van der Waals surface area contributed by atoms with E-state index in [0.29, 0.717) is 23.9 Å². The number of rotatable bonds is 6. The van der Waals surface area contributed by atoms with Crippen LogP contribution in [0.15, 0.2) is 54.7 Å². The molecular formula is C20H21FN4. The van der Waals surface area contributed by atoms with Crippen molar-refractivity contribution in [3.63, 3.8) is 0 Å². The third kappa shape index (κ3) is 4.12. The number of hydrogen-bond donors (Lipinski definition) is 2. The topological polar surface area (TPSA) is 49.8 Å². The zero-order valence-electron chi connectivity index (χ0n) is 14.4. The summed E-state index contributed by atoms with van der Waals surface area (Å²) in [5.74, 6) is 0.935. The van der Waals surface area contributed by atoms with E-state index in [1.807, 2.05) is 12.1 Å². The summed E-state index contributed by atoms with van der Waals surface area (Å²) in [5.41, 5.74) is 4.00. The van der Waals surface area contributed by atoms with E-state index in [-0.39, 0.29) is 5.82 Å². The first-order chi connectivity index (χ1) is 12.2. The fourth-order valence-electron chi connectivity index (χ4n) is 2.66. The van der Waals surface area contributed by atoms with E-state index in [4.69, 9.17) is 0 Å². The molecule has 128 valence electrons. The summed E-state index contributed by atoms with van der Waals surface area (Å²) in [4.78, 5) is 8.76. The van der Waals surface area contributed by atoms with Crippen molar-refractivity contribution < 1.29 is 4.39 Å². The van der Waals surface area contributed by atoms with E-state index in [0.717, 1.165) is 17.7 Å². The number of nitrogens with one attached hydrogen (secondary N) is 2. The van der Waals surface area contributed by atoms with Gasteiger partial charge < -0.3 is 10.6 Å². The minimum Gasteiger partial charge on any atom is -0.366 e. The zero-order valence-corrected chi connectivity index (χ0v) is 14.4. The molecule has 0 spiro atoms. The molecule has 0 radical (unpaired) electrons. The quantitative estimate of drug-likeness (QED) is 0.676. The predicted octanol–water partition coefficient (Wildman–Crippen LogP) is 4.84. The molecule has 25 heavy (non-hydrogen) atoms. The molecule has 5 heteroatoms. The molecule has 1 aromatic heterocycles. The van der Waals surface area contributed by atoms with Gasteiger partial charge >= 0.3 is 0 Å². The highest BCUT2D eigenvalue weighted by molar-refractivity contribution is 5.63. The van der Waals surface area contributed by atoms with Gasteiger partial charge in [-0.05, 0) is 36.6 Å². The van der Waals surface area contributed by atoms with Crippen LogP contribution in [0.5, 0.6) is 0 Å². The maximum Gasteiger partial charge on any atom is 0.229 e. The molecule has 3 rings (SSSR count). The maximum absolute atomic E-state index is 13.7. The fourth-order valence-corrected chi connectivity index (χ4v) is 2.66. The lowest BCUT2D eigenvalue weighted by molar-refractivity contribution is 0.613. The monoisotopic (exact) mass is 336 g/mol. The molecule has 3 aromatic rings. The molecule has 0 atom stereocenters. The highest BCUT2D eigenvalue weighted by atomic mass is 19.1. The van der Waals surface area contributed by atoms with Crippen LogP contribution in [-0.2, 0) is 13.0 Å². The minimum atomic E-state index is -0.227. The van der Waals surface area contributed by atoms with Crippen LogP contribution in [0.4, 0.5) is 21.8 Å². The van der Waals surface area contributed by atoms with Gasteiger partial charge in [-0.2, -0.15) is 4.98 Å². The van der Waals surface area contributed by atoms with Crippen LogP contribution in [0.25, 0.3) is 0 Å². The Morgan fingerprint density at radius 1 is 1.00 bits per heavy atom. The van der Waals surface area contributed by atoms with Crippen LogP contribution in [0.2, 0.25) is 0 Å². The van der Waals surface area contributed by atoms with Crippen molar-refractivity contribution in [2.45, 2.75) is 26.8 Å². The van der Waals surface area contributed by atoms with E-state index in [2.05, 4.69) is 46.6 Å². The smallest absolute Gasteiger partial charge is 0.229 e. The van der Waals surface area contributed by atoms with Crippen LogP contribution >= 0.6 is 0 Å². The normalized spacial score (nSPS) is 10.5. The molecule has 0 fully saturated rings. The lowest BCUT2D eigenvalue weighted by Crippen LogP contribution is -2.06. The number of aromatic nitrogens is 2. The molecule has 0 bridgehead atoms. The van der Waals surface area contributed by atoms with Crippen LogP contribution in [-0.4, -0.2) is 9.97 Å². The van der Waals surface area contributed by atoms with E-state index in [1.54, 1.807) is 24.4 Å². The number of hydrogen-bond acceptors (Lipinski definition) is 4. The van der Waals surface area contributed by atoms with Gasteiger partial charge in [0.15, 0.2) is 0 Å². The third-order valence-electron chi connectivity index (χ3n) is 4.05. The summed E-state index contributed by atoms with van der Waals surface area (Å²) in [6.07, 6.45) is 2.61. The maximum atomic E-state index is 13.7. The van der Waals surface area contributed by atoms with E-state index in [9.17, 15) is 4.39 Å². The Morgan fingerprint density at radius 3 is 2.60 bits per heavy atom. The van der Waals surface area contributed by atoms with E-state index >= 15 is 0 Å². The van der Waals surface area contributed by atoms with Gasteiger partial charge in [-0.25, -0.2) is 9.37 Å². The van der Waals surface area contributed by atoms with Crippen molar-refractivity contribution in [1.29, 1.82) is 0 Å². The summed E-state index contributed by atoms with van der Waals surface area (Å²) in [5, 5.41) is 6.45. The average molecular weight is 336 g/mol. The molecule has 0 aliphatic carbocycles. The Hall–Kier alpha value is -2.95. The first kappa shape index (κ1) is 16.9. The van der Waals surface area contributed by atoms with Crippen molar-refractivity contribution in [3.05, 3.63) is 77.2 Å². The average Bonchev–Trinajstić information content (AvgIpc) is 2.63. The second-order valence-electron chi connectivity index (χ2n) is 5.80. The summed E-state index contributed by atoms with van der Waals surface area (Å²) in [6, 6.07) is 14.7. The van der Waals surface area contributed by atoms with Crippen LogP contribution in [0.3, 0.4) is 0 Å².